The van der Waals surface area contributed by atoms with Gasteiger partial charge in [-0.3, -0.25) is 0 Å². The minimum absolute atomic E-state index is 0.839. The van der Waals surface area contributed by atoms with E-state index in [1.165, 1.54) is 11.4 Å². The predicted molar refractivity (Wildman–Crippen MR) is 64.7 cm³/mol. The monoisotopic (exact) mass is 219 g/mol. The smallest absolute Gasteiger partial charge is 0.0754 e. The molecule has 0 saturated carbocycles. The Hall–Kier alpha value is -1.26. The van der Waals surface area contributed by atoms with Crippen LogP contribution in [0.1, 0.15) is 0 Å². The third-order valence-electron chi connectivity index (χ3n) is 3.15. The molecule has 1 fully saturated rings. The zero-order chi connectivity index (χ0) is 10.8. The van der Waals surface area contributed by atoms with E-state index in [2.05, 4.69) is 39.6 Å². The van der Waals surface area contributed by atoms with Gasteiger partial charge in [0.15, 0.2) is 0 Å². The van der Waals surface area contributed by atoms with Crippen molar-refractivity contribution in [1.29, 1.82) is 0 Å². The average molecular weight is 219 g/mol. The quantitative estimate of drug-likeness (QED) is 0.767. The van der Waals surface area contributed by atoms with Gasteiger partial charge in [0.25, 0.3) is 0 Å². The van der Waals surface area contributed by atoms with E-state index >= 15 is 0 Å². The molecule has 0 aliphatic carbocycles. The second-order valence-corrected chi connectivity index (χ2v) is 4.13. The van der Waals surface area contributed by atoms with Crippen molar-refractivity contribution in [2.75, 3.05) is 49.7 Å². The van der Waals surface area contributed by atoms with Crippen LogP contribution < -0.4 is 10.3 Å². The molecular formula is C12H17N3O. The Balaban J connectivity index is 1.86. The molecule has 1 aromatic rings. The van der Waals surface area contributed by atoms with Crippen LogP contribution >= 0.6 is 0 Å². The summed E-state index contributed by atoms with van der Waals surface area (Å²) in [5, 5.41) is 8.21. The number of hydrazine groups is 1. The fourth-order valence-corrected chi connectivity index (χ4v) is 2.35. The maximum absolute atomic E-state index is 5.39. The second-order valence-electron chi connectivity index (χ2n) is 4.13. The van der Waals surface area contributed by atoms with Crippen molar-refractivity contribution in [2.45, 2.75) is 0 Å². The van der Waals surface area contributed by atoms with Crippen molar-refractivity contribution >= 4 is 11.4 Å². The van der Waals surface area contributed by atoms with Crippen molar-refractivity contribution in [3.05, 3.63) is 24.3 Å². The van der Waals surface area contributed by atoms with Crippen LogP contribution in [0.15, 0.2) is 24.3 Å². The van der Waals surface area contributed by atoms with Gasteiger partial charge in [0.05, 0.1) is 31.1 Å². The van der Waals surface area contributed by atoms with E-state index in [-0.39, 0.29) is 0 Å². The minimum Gasteiger partial charge on any atom is -0.381 e. The Kier molecular flexibility index (Phi) is 2.68. The van der Waals surface area contributed by atoms with E-state index in [9.17, 15) is 0 Å². The highest BCUT2D eigenvalue weighted by atomic mass is 16.5. The van der Waals surface area contributed by atoms with E-state index in [0.717, 1.165) is 39.4 Å². The fraction of sp³-hybridized carbons (Fsp3) is 0.500. The normalized spacial score (nSPS) is 21.4. The standard InChI is InChI=1S/C12H17N3O/c1-2-4-12-11(3-1)13-5-6-15(12)14-7-9-16-10-8-14/h1-4,13H,5-10H2. The van der Waals surface area contributed by atoms with Gasteiger partial charge in [-0.2, -0.15) is 0 Å². The molecule has 0 spiro atoms. The van der Waals surface area contributed by atoms with Crippen molar-refractivity contribution < 1.29 is 4.74 Å². The average Bonchev–Trinajstić information content (AvgIpc) is 2.39. The van der Waals surface area contributed by atoms with Crippen LogP contribution in [0, 0.1) is 0 Å². The Morgan fingerprint density at radius 2 is 1.88 bits per heavy atom. The zero-order valence-corrected chi connectivity index (χ0v) is 9.35. The van der Waals surface area contributed by atoms with Crippen LogP contribution in [0.25, 0.3) is 0 Å². The number of nitrogens with zero attached hydrogens (tertiary/aromatic N) is 2. The van der Waals surface area contributed by atoms with E-state index < -0.39 is 0 Å². The summed E-state index contributed by atoms with van der Waals surface area (Å²) in [4.78, 5) is 0. The Labute approximate surface area is 95.8 Å². The summed E-state index contributed by atoms with van der Waals surface area (Å²) in [6, 6.07) is 8.49. The predicted octanol–water partition coefficient (Wildman–Crippen LogP) is 1.17. The maximum Gasteiger partial charge on any atom is 0.0754 e. The molecule has 2 heterocycles. The topological polar surface area (TPSA) is 27.7 Å². The Morgan fingerprint density at radius 1 is 1.06 bits per heavy atom. The third-order valence-corrected chi connectivity index (χ3v) is 3.15. The SMILES string of the molecule is c1ccc2c(c1)NCCN2N1CCOCC1. The molecule has 1 N–H and O–H groups in total. The Bertz CT molecular complexity index is 363. The summed E-state index contributed by atoms with van der Waals surface area (Å²) >= 11 is 0. The number of nitrogens with one attached hydrogen (secondary N) is 1. The number of hydrogen-bond donors (Lipinski definition) is 1. The summed E-state index contributed by atoms with van der Waals surface area (Å²) < 4.78 is 5.39. The molecule has 0 unspecified atom stereocenters. The lowest BCUT2D eigenvalue weighted by Gasteiger charge is -2.42. The lowest BCUT2D eigenvalue weighted by Crippen LogP contribution is -2.52. The molecule has 2 aliphatic rings. The van der Waals surface area contributed by atoms with Crippen molar-refractivity contribution in [3.8, 4) is 0 Å². The highest BCUT2D eigenvalue weighted by Gasteiger charge is 2.23. The first-order chi connectivity index (χ1) is 7.95. The van der Waals surface area contributed by atoms with Gasteiger partial charge in [-0.25, -0.2) is 5.01 Å². The lowest BCUT2D eigenvalue weighted by molar-refractivity contribution is 0.0318. The molecular weight excluding hydrogens is 202 g/mol. The molecule has 86 valence electrons. The van der Waals surface area contributed by atoms with Crippen LogP contribution in [0.4, 0.5) is 11.4 Å². The first-order valence-corrected chi connectivity index (χ1v) is 5.88. The number of ether oxygens (including phenoxy) is 1. The molecule has 0 aromatic heterocycles. The minimum atomic E-state index is 0.839. The van der Waals surface area contributed by atoms with Gasteiger partial charge in [0, 0.05) is 19.6 Å². The molecule has 4 heteroatoms. The number of fused-ring (bicyclic) bond motifs is 1. The molecule has 0 amide bonds. The fourth-order valence-electron chi connectivity index (χ4n) is 2.35. The highest BCUT2D eigenvalue weighted by molar-refractivity contribution is 5.71. The maximum atomic E-state index is 5.39. The van der Waals surface area contributed by atoms with Gasteiger partial charge >= 0.3 is 0 Å². The van der Waals surface area contributed by atoms with Crippen LogP contribution in [-0.4, -0.2) is 44.4 Å². The largest absolute Gasteiger partial charge is 0.381 e. The van der Waals surface area contributed by atoms with Crippen LogP contribution in [0.5, 0.6) is 0 Å². The number of hydrogen-bond acceptors (Lipinski definition) is 4. The summed E-state index contributed by atoms with van der Waals surface area (Å²) in [7, 11) is 0. The van der Waals surface area contributed by atoms with Crippen molar-refractivity contribution in [3.63, 3.8) is 0 Å². The van der Waals surface area contributed by atoms with E-state index in [1.54, 1.807) is 0 Å². The Morgan fingerprint density at radius 3 is 2.75 bits per heavy atom. The van der Waals surface area contributed by atoms with Crippen LogP contribution in [0.2, 0.25) is 0 Å². The van der Waals surface area contributed by atoms with Gasteiger partial charge in [-0.05, 0) is 12.1 Å². The second kappa shape index (κ2) is 4.31. The van der Waals surface area contributed by atoms with Gasteiger partial charge in [-0.15, -0.1) is 0 Å². The summed E-state index contributed by atoms with van der Waals surface area (Å²) in [5.74, 6) is 0. The van der Waals surface area contributed by atoms with Gasteiger partial charge < -0.3 is 15.1 Å². The molecule has 0 radical (unpaired) electrons. The first kappa shape index (κ1) is 9.93. The summed E-state index contributed by atoms with van der Waals surface area (Å²) in [6.07, 6.45) is 0. The lowest BCUT2D eigenvalue weighted by atomic mass is 10.2. The van der Waals surface area contributed by atoms with E-state index in [0.29, 0.717) is 0 Å². The third kappa shape index (κ3) is 1.74. The molecule has 16 heavy (non-hydrogen) atoms. The first-order valence-electron chi connectivity index (χ1n) is 5.88. The van der Waals surface area contributed by atoms with Crippen LogP contribution in [0.3, 0.4) is 0 Å². The molecule has 4 nitrogen and oxygen atoms in total. The number of rotatable bonds is 1. The van der Waals surface area contributed by atoms with Gasteiger partial charge in [-0.1, -0.05) is 12.1 Å². The number of morpholine rings is 1. The number of anilines is 2. The molecule has 1 saturated heterocycles. The van der Waals surface area contributed by atoms with Crippen molar-refractivity contribution in [1.82, 2.24) is 5.01 Å². The molecule has 1 aromatic carbocycles. The number of para-hydroxylation sites is 2. The molecule has 0 atom stereocenters. The molecule has 0 bridgehead atoms. The highest BCUT2D eigenvalue weighted by Crippen LogP contribution is 2.29. The van der Waals surface area contributed by atoms with Crippen molar-refractivity contribution in [2.24, 2.45) is 0 Å². The molecule has 2 aliphatic heterocycles. The summed E-state index contributed by atoms with van der Waals surface area (Å²) in [5.41, 5.74) is 2.52. The number of benzene rings is 1. The van der Waals surface area contributed by atoms with Gasteiger partial charge in [0.1, 0.15) is 0 Å². The van der Waals surface area contributed by atoms with E-state index in [1.807, 2.05) is 0 Å². The van der Waals surface area contributed by atoms with Crippen LogP contribution in [-0.2, 0) is 4.74 Å². The van der Waals surface area contributed by atoms with Gasteiger partial charge in [0.2, 0.25) is 0 Å². The molecule has 3 rings (SSSR count). The summed E-state index contributed by atoms with van der Waals surface area (Å²) in [6.45, 7) is 5.71. The zero-order valence-electron chi connectivity index (χ0n) is 9.35. The van der Waals surface area contributed by atoms with E-state index in [4.69, 9.17) is 4.74 Å².